The summed E-state index contributed by atoms with van der Waals surface area (Å²) in [5.41, 5.74) is 1.78. The zero-order valence-corrected chi connectivity index (χ0v) is 17.3. The predicted octanol–water partition coefficient (Wildman–Crippen LogP) is 2.97. The van der Waals surface area contributed by atoms with Crippen LogP contribution in [0.15, 0.2) is 47.7 Å². The van der Waals surface area contributed by atoms with Gasteiger partial charge >= 0.3 is 5.97 Å². The van der Waals surface area contributed by atoms with Gasteiger partial charge in [-0.3, -0.25) is 4.79 Å². The van der Waals surface area contributed by atoms with E-state index in [9.17, 15) is 9.59 Å². The quantitative estimate of drug-likeness (QED) is 0.341. The van der Waals surface area contributed by atoms with Crippen LogP contribution in [0, 0.1) is 0 Å². The predicted molar refractivity (Wildman–Crippen MR) is 110 cm³/mol. The fourth-order valence-electron chi connectivity index (χ4n) is 2.99. The average molecular weight is 401 g/mol. The van der Waals surface area contributed by atoms with Crippen molar-refractivity contribution in [2.45, 2.75) is 13.8 Å². The number of carbonyl (C=O) groups excluding carboxylic acids is 2. The lowest BCUT2D eigenvalue weighted by Crippen LogP contribution is -2.28. The van der Waals surface area contributed by atoms with Gasteiger partial charge in [-0.05, 0) is 37.6 Å². The van der Waals surface area contributed by atoms with Crippen LogP contribution >= 0.6 is 0 Å². The molecule has 0 bridgehead atoms. The summed E-state index contributed by atoms with van der Waals surface area (Å²) in [6, 6.07) is 5.28. The number of ether oxygens (including phenoxy) is 4. The minimum absolute atomic E-state index is 0.221. The van der Waals surface area contributed by atoms with Crippen molar-refractivity contribution in [3.8, 4) is 11.5 Å². The van der Waals surface area contributed by atoms with Crippen LogP contribution in [0.3, 0.4) is 0 Å². The monoisotopic (exact) mass is 401 g/mol. The number of esters is 1. The number of benzene rings is 1. The van der Waals surface area contributed by atoms with E-state index < -0.39 is 5.97 Å². The molecule has 1 aliphatic rings. The van der Waals surface area contributed by atoms with Crippen molar-refractivity contribution >= 4 is 18.0 Å². The number of carbonyl (C=O) groups is 2. The maximum atomic E-state index is 13.0. The summed E-state index contributed by atoms with van der Waals surface area (Å²) in [7, 11) is 3.10. The molecule has 29 heavy (non-hydrogen) atoms. The van der Waals surface area contributed by atoms with Crippen molar-refractivity contribution < 1.29 is 28.5 Å². The third kappa shape index (κ3) is 5.06. The Balaban J connectivity index is 2.46. The first-order chi connectivity index (χ1) is 14.0. The number of hydrogen-bond donors (Lipinski definition) is 0. The molecular weight excluding hydrogens is 374 g/mol. The molecule has 0 aliphatic carbocycles. The van der Waals surface area contributed by atoms with E-state index in [1.165, 1.54) is 12.0 Å². The first-order valence-corrected chi connectivity index (χ1v) is 9.31. The molecule has 1 aromatic carbocycles. The summed E-state index contributed by atoms with van der Waals surface area (Å²) < 4.78 is 21.2. The van der Waals surface area contributed by atoms with Crippen LogP contribution in [-0.2, 0) is 19.1 Å². The lowest BCUT2D eigenvalue weighted by Gasteiger charge is -2.16. The van der Waals surface area contributed by atoms with E-state index in [1.807, 2.05) is 0 Å². The molecule has 0 fully saturated rings. The number of rotatable bonds is 10. The van der Waals surface area contributed by atoms with Crippen LogP contribution in [0.1, 0.15) is 19.4 Å². The van der Waals surface area contributed by atoms with Gasteiger partial charge in [0, 0.05) is 19.4 Å². The molecular formula is C22H27NO6. The fraction of sp³-hybridized carbons (Fsp3) is 0.364. The van der Waals surface area contributed by atoms with E-state index in [4.69, 9.17) is 18.9 Å². The Labute approximate surface area is 171 Å². The summed E-state index contributed by atoms with van der Waals surface area (Å²) in [4.78, 5) is 27.1. The van der Waals surface area contributed by atoms with Crippen molar-refractivity contribution in [2.75, 3.05) is 40.6 Å². The summed E-state index contributed by atoms with van der Waals surface area (Å²) >= 11 is 0. The Bertz CT molecular complexity index is 840. The third-order valence-electron chi connectivity index (χ3n) is 4.37. The first kappa shape index (κ1) is 22.2. The Hall–Kier alpha value is -3.06. The van der Waals surface area contributed by atoms with Gasteiger partial charge in [0.1, 0.15) is 6.61 Å². The fourth-order valence-corrected chi connectivity index (χ4v) is 2.99. The lowest BCUT2D eigenvalue weighted by molar-refractivity contribution is -0.138. The summed E-state index contributed by atoms with van der Waals surface area (Å²) in [5, 5.41) is 0. The van der Waals surface area contributed by atoms with Crippen molar-refractivity contribution in [3.05, 3.63) is 53.3 Å². The highest BCUT2D eigenvalue weighted by Gasteiger charge is 2.36. The first-order valence-electron chi connectivity index (χ1n) is 9.31. The van der Waals surface area contributed by atoms with E-state index >= 15 is 0 Å². The molecule has 0 saturated heterocycles. The molecule has 0 N–H and O–H groups in total. The molecule has 7 heteroatoms. The Kier molecular flexibility index (Phi) is 8.03. The van der Waals surface area contributed by atoms with Crippen molar-refractivity contribution in [2.24, 2.45) is 0 Å². The molecule has 2 rings (SSSR count). The van der Waals surface area contributed by atoms with E-state index in [0.717, 1.165) is 0 Å². The SMILES string of the molecule is C=CCOc1ccc(/C=C2/C(=O)N(CCOC)C(C)=C2C(=O)OCC)cc1OC. The van der Waals surface area contributed by atoms with Crippen molar-refractivity contribution in [1.82, 2.24) is 4.90 Å². The highest BCUT2D eigenvalue weighted by Crippen LogP contribution is 2.34. The number of amides is 1. The Morgan fingerprint density at radius 1 is 1.24 bits per heavy atom. The molecule has 0 unspecified atom stereocenters. The Morgan fingerprint density at radius 2 is 2.00 bits per heavy atom. The number of methoxy groups -OCH3 is 2. The van der Waals surface area contributed by atoms with Gasteiger partial charge in [0.25, 0.3) is 5.91 Å². The lowest BCUT2D eigenvalue weighted by atomic mass is 10.0. The largest absolute Gasteiger partial charge is 0.493 e. The molecule has 0 radical (unpaired) electrons. The van der Waals surface area contributed by atoms with Gasteiger partial charge in [-0.1, -0.05) is 18.7 Å². The van der Waals surface area contributed by atoms with Gasteiger partial charge in [-0.25, -0.2) is 4.79 Å². The number of allylic oxidation sites excluding steroid dienone is 1. The molecule has 1 aromatic rings. The molecule has 1 heterocycles. The second kappa shape index (κ2) is 10.5. The van der Waals surface area contributed by atoms with E-state index in [-0.39, 0.29) is 23.7 Å². The van der Waals surface area contributed by atoms with Gasteiger partial charge in [0.15, 0.2) is 11.5 Å². The second-order valence-electron chi connectivity index (χ2n) is 6.20. The molecule has 0 saturated carbocycles. The van der Waals surface area contributed by atoms with Crippen molar-refractivity contribution in [1.29, 1.82) is 0 Å². The molecule has 7 nitrogen and oxygen atoms in total. The molecule has 1 amide bonds. The van der Waals surface area contributed by atoms with E-state index in [2.05, 4.69) is 6.58 Å². The van der Waals surface area contributed by atoms with Crippen LogP contribution in [0.2, 0.25) is 0 Å². The van der Waals surface area contributed by atoms with Crippen LogP contribution in [-0.4, -0.2) is 57.4 Å². The smallest absolute Gasteiger partial charge is 0.340 e. The zero-order valence-electron chi connectivity index (χ0n) is 17.3. The molecule has 1 aliphatic heterocycles. The number of nitrogens with zero attached hydrogens (tertiary/aromatic N) is 1. The van der Waals surface area contributed by atoms with E-state index in [1.54, 1.807) is 51.3 Å². The van der Waals surface area contributed by atoms with Crippen LogP contribution in [0.25, 0.3) is 6.08 Å². The normalized spacial score (nSPS) is 15.1. The zero-order chi connectivity index (χ0) is 21.4. The second-order valence-corrected chi connectivity index (χ2v) is 6.20. The standard InChI is InChI=1S/C22H27NO6/c1-6-11-29-18-9-8-16(14-19(18)27-5)13-17-20(22(25)28-7-2)15(3)23(21(17)24)10-12-26-4/h6,8-9,13-14H,1,7,10-12H2,2-5H3/b17-13+. The van der Waals surface area contributed by atoms with Crippen LogP contribution in [0.5, 0.6) is 11.5 Å². The van der Waals surface area contributed by atoms with Crippen LogP contribution in [0.4, 0.5) is 0 Å². The molecule has 0 aromatic heterocycles. The van der Waals surface area contributed by atoms with Gasteiger partial charge in [-0.15, -0.1) is 0 Å². The van der Waals surface area contributed by atoms with Gasteiger partial charge in [0.2, 0.25) is 0 Å². The Morgan fingerprint density at radius 3 is 2.62 bits per heavy atom. The maximum Gasteiger partial charge on any atom is 0.340 e. The van der Waals surface area contributed by atoms with Gasteiger partial charge < -0.3 is 23.8 Å². The topological polar surface area (TPSA) is 74.3 Å². The average Bonchev–Trinajstić information content (AvgIpc) is 2.94. The minimum atomic E-state index is -0.526. The maximum absolute atomic E-state index is 13.0. The van der Waals surface area contributed by atoms with Gasteiger partial charge in [-0.2, -0.15) is 0 Å². The molecule has 0 atom stereocenters. The highest BCUT2D eigenvalue weighted by molar-refractivity contribution is 6.16. The molecule has 0 spiro atoms. The van der Waals surface area contributed by atoms with Crippen molar-refractivity contribution in [3.63, 3.8) is 0 Å². The summed E-state index contributed by atoms with van der Waals surface area (Å²) in [6.07, 6.45) is 3.30. The third-order valence-corrected chi connectivity index (χ3v) is 4.37. The van der Waals surface area contributed by atoms with E-state index in [0.29, 0.717) is 42.5 Å². The summed E-state index contributed by atoms with van der Waals surface area (Å²) in [6.45, 7) is 8.35. The molecule has 156 valence electrons. The van der Waals surface area contributed by atoms with Crippen LogP contribution < -0.4 is 9.47 Å². The van der Waals surface area contributed by atoms with Gasteiger partial charge in [0.05, 0.1) is 31.5 Å². The highest BCUT2D eigenvalue weighted by atomic mass is 16.5. The number of hydrogen-bond acceptors (Lipinski definition) is 6. The summed E-state index contributed by atoms with van der Waals surface area (Å²) in [5.74, 6) is 0.281. The minimum Gasteiger partial charge on any atom is -0.493 e.